The summed E-state index contributed by atoms with van der Waals surface area (Å²) >= 11 is 1.58. The number of rotatable bonds is 6. The third kappa shape index (κ3) is 4.78. The molecule has 0 aromatic carbocycles. The van der Waals surface area contributed by atoms with Gasteiger partial charge < -0.3 is 5.32 Å². The van der Waals surface area contributed by atoms with Gasteiger partial charge in [-0.1, -0.05) is 19.4 Å². The lowest BCUT2D eigenvalue weighted by Gasteiger charge is -2.18. The number of nitrogens with zero attached hydrogens (tertiary/aromatic N) is 2. The van der Waals surface area contributed by atoms with Crippen molar-refractivity contribution in [3.05, 3.63) is 50.1 Å². The molecule has 5 nitrogen and oxygen atoms in total. The summed E-state index contributed by atoms with van der Waals surface area (Å²) in [5, 5.41) is 9.61. The summed E-state index contributed by atoms with van der Waals surface area (Å²) in [7, 11) is 0. The fourth-order valence-corrected chi connectivity index (χ4v) is 3.95. The number of aromatic nitrogens is 2. The number of carbonyl (C=O) groups excluding carboxylic acids is 1. The van der Waals surface area contributed by atoms with Gasteiger partial charge in [0, 0.05) is 17.0 Å². The molecule has 0 saturated carbocycles. The van der Waals surface area contributed by atoms with E-state index in [1.807, 2.05) is 24.4 Å². The Labute approximate surface area is 152 Å². The topological polar surface area (TPSA) is 64.0 Å². The largest absolute Gasteiger partial charge is 0.351 e. The fourth-order valence-electron chi connectivity index (χ4n) is 3.24. The van der Waals surface area contributed by atoms with Crippen LogP contribution in [0.5, 0.6) is 0 Å². The van der Waals surface area contributed by atoms with E-state index in [1.165, 1.54) is 11.1 Å². The zero-order valence-corrected chi connectivity index (χ0v) is 15.5. The summed E-state index contributed by atoms with van der Waals surface area (Å²) < 4.78 is 1.53. The number of thiophene rings is 1. The normalized spacial score (nSPS) is 15.2. The van der Waals surface area contributed by atoms with Crippen LogP contribution in [0.2, 0.25) is 0 Å². The van der Waals surface area contributed by atoms with E-state index in [-0.39, 0.29) is 17.5 Å². The van der Waals surface area contributed by atoms with E-state index in [9.17, 15) is 9.59 Å². The molecule has 134 valence electrons. The second-order valence-corrected chi connectivity index (χ2v) is 7.66. The van der Waals surface area contributed by atoms with E-state index in [4.69, 9.17) is 0 Å². The lowest BCUT2D eigenvalue weighted by Crippen LogP contribution is -2.41. The second kappa shape index (κ2) is 8.43. The maximum absolute atomic E-state index is 12.4. The van der Waals surface area contributed by atoms with Gasteiger partial charge in [0.1, 0.15) is 0 Å². The Morgan fingerprint density at radius 2 is 2.20 bits per heavy atom. The summed E-state index contributed by atoms with van der Waals surface area (Å²) in [4.78, 5) is 25.7. The Kier molecular flexibility index (Phi) is 6.02. The molecule has 1 aliphatic carbocycles. The number of aryl methyl sites for hydroxylation is 2. The summed E-state index contributed by atoms with van der Waals surface area (Å²) in [5.41, 5.74) is 2.09. The van der Waals surface area contributed by atoms with Gasteiger partial charge in [-0.3, -0.25) is 9.59 Å². The van der Waals surface area contributed by atoms with Crippen LogP contribution in [0.3, 0.4) is 0 Å². The van der Waals surface area contributed by atoms with Gasteiger partial charge in [-0.05, 0) is 49.1 Å². The van der Waals surface area contributed by atoms with Crippen molar-refractivity contribution in [2.75, 3.05) is 0 Å². The van der Waals surface area contributed by atoms with Crippen LogP contribution in [0.25, 0.3) is 0 Å². The van der Waals surface area contributed by atoms with Gasteiger partial charge in [-0.15, -0.1) is 11.3 Å². The van der Waals surface area contributed by atoms with Crippen LogP contribution in [-0.4, -0.2) is 21.7 Å². The van der Waals surface area contributed by atoms with Crippen LogP contribution in [-0.2, 0) is 30.6 Å². The van der Waals surface area contributed by atoms with Crippen LogP contribution >= 0.6 is 11.3 Å². The third-order valence-corrected chi connectivity index (χ3v) is 5.57. The maximum atomic E-state index is 12.4. The molecule has 1 aliphatic rings. The SMILES string of the molecule is CC[C@@H](Cn1nc2c(cc1=O)CCCCC2)NC(=O)Cc1cccs1. The van der Waals surface area contributed by atoms with Crippen molar-refractivity contribution in [1.29, 1.82) is 0 Å². The van der Waals surface area contributed by atoms with Crippen molar-refractivity contribution in [2.45, 2.75) is 64.5 Å². The van der Waals surface area contributed by atoms with Gasteiger partial charge in [0.25, 0.3) is 5.56 Å². The molecule has 6 heteroatoms. The minimum absolute atomic E-state index is 0.00268. The standard InChI is InChI=1S/C19H25N3O2S/c1-2-15(20-18(23)12-16-8-6-10-25-16)13-22-19(24)11-14-7-4-3-5-9-17(14)21-22/h6,8,10-11,15H,2-5,7,9,12-13H2,1H3,(H,20,23)/t15-/m0/s1. The van der Waals surface area contributed by atoms with Gasteiger partial charge >= 0.3 is 0 Å². The Bertz CT molecular complexity index is 767. The molecule has 0 radical (unpaired) electrons. The lowest BCUT2D eigenvalue weighted by atomic mass is 10.1. The van der Waals surface area contributed by atoms with E-state index < -0.39 is 0 Å². The molecular formula is C19H25N3O2S. The van der Waals surface area contributed by atoms with Crippen LogP contribution in [0.4, 0.5) is 0 Å². The minimum Gasteiger partial charge on any atom is -0.351 e. The highest BCUT2D eigenvalue weighted by atomic mass is 32.1. The monoisotopic (exact) mass is 359 g/mol. The van der Waals surface area contributed by atoms with Crippen molar-refractivity contribution >= 4 is 17.2 Å². The molecular weight excluding hydrogens is 334 g/mol. The first-order chi connectivity index (χ1) is 12.2. The van der Waals surface area contributed by atoms with E-state index >= 15 is 0 Å². The van der Waals surface area contributed by atoms with Crippen molar-refractivity contribution < 1.29 is 4.79 Å². The van der Waals surface area contributed by atoms with Crippen molar-refractivity contribution in [1.82, 2.24) is 15.1 Å². The summed E-state index contributed by atoms with van der Waals surface area (Å²) in [5.74, 6) is -0.00268. The van der Waals surface area contributed by atoms with Gasteiger partial charge in [0.15, 0.2) is 0 Å². The highest BCUT2D eigenvalue weighted by Gasteiger charge is 2.16. The highest BCUT2D eigenvalue weighted by Crippen LogP contribution is 2.17. The first kappa shape index (κ1) is 17.9. The molecule has 2 aromatic rings. The first-order valence-corrected chi connectivity index (χ1v) is 9.95. The molecule has 1 N–H and O–H groups in total. The van der Waals surface area contributed by atoms with Crippen molar-refractivity contribution in [3.63, 3.8) is 0 Å². The number of amides is 1. The Morgan fingerprint density at radius 3 is 2.96 bits per heavy atom. The van der Waals surface area contributed by atoms with E-state index in [0.717, 1.165) is 48.2 Å². The zero-order valence-electron chi connectivity index (χ0n) is 14.7. The summed E-state index contributed by atoms with van der Waals surface area (Å²) in [6, 6.07) is 5.57. The van der Waals surface area contributed by atoms with Gasteiger partial charge in [-0.25, -0.2) is 4.68 Å². The van der Waals surface area contributed by atoms with E-state index in [2.05, 4.69) is 10.4 Å². The Hall–Kier alpha value is -1.95. The minimum atomic E-state index is -0.0820. The molecule has 0 saturated heterocycles. The summed E-state index contributed by atoms with van der Waals surface area (Å²) in [6.07, 6.45) is 6.51. The van der Waals surface area contributed by atoms with E-state index in [1.54, 1.807) is 17.4 Å². The zero-order chi connectivity index (χ0) is 17.6. The number of fused-ring (bicyclic) bond motifs is 1. The van der Waals surface area contributed by atoms with Crippen LogP contribution < -0.4 is 10.9 Å². The quantitative estimate of drug-likeness (QED) is 0.807. The highest BCUT2D eigenvalue weighted by molar-refractivity contribution is 7.10. The molecule has 25 heavy (non-hydrogen) atoms. The number of nitrogens with one attached hydrogen (secondary N) is 1. The molecule has 1 atom stereocenters. The van der Waals surface area contributed by atoms with Crippen molar-refractivity contribution in [2.24, 2.45) is 0 Å². The smallest absolute Gasteiger partial charge is 0.267 e. The molecule has 1 amide bonds. The first-order valence-electron chi connectivity index (χ1n) is 9.07. The number of hydrogen-bond donors (Lipinski definition) is 1. The predicted octanol–water partition coefficient (Wildman–Crippen LogP) is 2.71. The van der Waals surface area contributed by atoms with Gasteiger partial charge in [0.05, 0.1) is 18.7 Å². The average molecular weight is 359 g/mol. The van der Waals surface area contributed by atoms with Gasteiger partial charge in [-0.2, -0.15) is 5.10 Å². The third-order valence-electron chi connectivity index (χ3n) is 4.69. The van der Waals surface area contributed by atoms with Gasteiger partial charge in [0.2, 0.25) is 5.91 Å². The van der Waals surface area contributed by atoms with Crippen LogP contribution in [0.15, 0.2) is 28.4 Å². The fraction of sp³-hybridized carbons (Fsp3) is 0.526. The molecule has 0 spiro atoms. The lowest BCUT2D eigenvalue weighted by molar-refractivity contribution is -0.121. The van der Waals surface area contributed by atoms with E-state index in [0.29, 0.717) is 13.0 Å². The van der Waals surface area contributed by atoms with Crippen molar-refractivity contribution in [3.8, 4) is 0 Å². The number of carbonyl (C=O) groups is 1. The molecule has 0 aliphatic heterocycles. The van der Waals surface area contributed by atoms with Crippen LogP contribution in [0, 0.1) is 0 Å². The molecule has 3 rings (SSSR count). The predicted molar refractivity (Wildman–Crippen MR) is 100 cm³/mol. The molecule has 0 unspecified atom stereocenters. The summed E-state index contributed by atoms with van der Waals surface area (Å²) in [6.45, 7) is 2.45. The molecule has 2 aromatic heterocycles. The number of hydrogen-bond acceptors (Lipinski definition) is 4. The molecule has 0 bridgehead atoms. The Morgan fingerprint density at radius 1 is 1.36 bits per heavy atom. The Balaban J connectivity index is 1.67. The maximum Gasteiger partial charge on any atom is 0.267 e. The second-order valence-electron chi connectivity index (χ2n) is 6.63. The average Bonchev–Trinajstić information content (AvgIpc) is 2.99. The molecule has 0 fully saturated rings. The molecule has 2 heterocycles. The van der Waals surface area contributed by atoms with Crippen LogP contribution in [0.1, 0.15) is 48.7 Å².